The fraction of sp³-hybridized carbons (Fsp3) is 0.393. The van der Waals surface area contributed by atoms with Crippen LogP contribution in [-0.4, -0.2) is 30.7 Å². The second-order valence-electron chi connectivity index (χ2n) is 8.79. The quantitative estimate of drug-likeness (QED) is 0.439. The lowest BCUT2D eigenvalue weighted by molar-refractivity contribution is -0.139. The number of benzene rings is 2. The fourth-order valence-electron chi connectivity index (χ4n) is 5.04. The highest BCUT2D eigenvalue weighted by molar-refractivity contribution is 6.30. The molecule has 5 nitrogen and oxygen atoms in total. The summed E-state index contributed by atoms with van der Waals surface area (Å²) in [5.74, 6) is -0.627. The predicted molar refractivity (Wildman–Crippen MR) is 134 cm³/mol. The lowest BCUT2D eigenvalue weighted by Crippen LogP contribution is -2.41. The maximum atomic E-state index is 13.7. The minimum Gasteiger partial charge on any atom is -0.493 e. The van der Waals surface area contributed by atoms with Crippen molar-refractivity contribution < 1.29 is 19.1 Å². The monoisotopic (exact) mass is 479 g/mol. The molecule has 0 aromatic heterocycles. The number of carbonyl (C=O) groups excluding carboxylic acids is 2. The van der Waals surface area contributed by atoms with Crippen LogP contribution < -0.4 is 4.74 Å². The summed E-state index contributed by atoms with van der Waals surface area (Å²) < 4.78 is 11.5. The second-order valence-corrected chi connectivity index (χ2v) is 9.22. The Labute approximate surface area is 205 Å². The van der Waals surface area contributed by atoms with Gasteiger partial charge < -0.3 is 9.47 Å². The Hall–Kier alpha value is -2.92. The molecule has 2 aliphatic rings. The van der Waals surface area contributed by atoms with Crippen LogP contribution in [0.1, 0.15) is 63.0 Å². The molecule has 0 N–H and O–H groups in total. The van der Waals surface area contributed by atoms with Crippen LogP contribution in [0.3, 0.4) is 0 Å². The van der Waals surface area contributed by atoms with Crippen molar-refractivity contribution in [1.29, 1.82) is 0 Å². The van der Waals surface area contributed by atoms with Crippen molar-refractivity contribution in [3.8, 4) is 5.75 Å². The average Bonchev–Trinajstić information content (AvgIpc) is 2.82. The SMILES string of the molecule is CCCOc1ccccc1[C@@H]1C(C(=O)OCC)=C(C)N=C2C[C@@H](c3ccc(Cl)cc3)CC(=O)C21. The van der Waals surface area contributed by atoms with E-state index in [2.05, 4.69) is 0 Å². The Balaban J connectivity index is 1.80. The zero-order valence-corrected chi connectivity index (χ0v) is 20.6. The molecule has 0 spiro atoms. The number of rotatable bonds is 7. The van der Waals surface area contributed by atoms with E-state index in [4.69, 9.17) is 26.1 Å². The van der Waals surface area contributed by atoms with E-state index in [1.54, 1.807) is 6.92 Å². The Kier molecular flexibility index (Phi) is 7.52. The number of fused-ring (bicyclic) bond motifs is 1. The van der Waals surface area contributed by atoms with Gasteiger partial charge in [-0.1, -0.05) is 48.9 Å². The Bertz CT molecular complexity index is 1140. The van der Waals surface area contributed by atoms with E-state index in [-0.39, 0.29) is 18.3 Å². The molecule has 2 aromatic carbocycles. The molecule has 6 heteroatoms. The van der Waals surface area contributed by atoms with Crippen LogP contribution in [0.25, 0.3) is 0 Å². The number of halogens is 1. The Morgan fingerprint density at radius 2 is 1.79 bits per heavy atom. The number of ketones is 1. The number of carbonyl (C=O) groups is 2. The van der Waals surface area contributed by atoms with E-state index in [1.807, 2.05) is 62.4 Å². The van der Waals surface area contributed by atoms with Crippen LogP contribution in [0.2, 0.25) is 5.02 Å². The molecule has 1 heterocycles. The van der Waals surface area contributed by atoms with Gasteiger partial charge in [0.25, 0.3) is 0 Å². The maximum absolute atomic E-state index is 13.7. The number of ether oxygens (including phenoxy) is 2. The molecular weight excluding hydrogens is 450 g/mol. The zero-order valence-electron chi connectivity index (χ0n) is 19.8. The predicted octanol–water partition coefficient (Wildman–Crippen LogP) is 6.27. The van der Waals surface area contributed by atoms with Crippen molar-refractivity contribution in [3.05, 3.63) is 76.0 Å². The van der Waals surface area contributed by atoms with Gasteiger partial charge in [0, 0.05) is 34.3 Å². The van der Waals surface area contributed by atoms with Crippen molar-refractivity contribution in [1.82, 2.24) is 0 Å². The zero-order chi connectivity index (χ0) is 24.2. The summed E-state index contributed by atoms with van der Waals surface area (Å²) in [6.07, 6.45) is 1.89. The molecule has 4 rings (SSSR count). The topological polar surface area (TPSA) is 65.0 Å². The lowest BCUT2D eigenvalue weighted by atomic mass is 9.66. The number of Topliss-reactive ketones (excluding diaryl/α,β-unsaturated/α-hetero) is 1. The summed E-state index contributed by atoms with van der Waals surface area (Å²) in [7, 11) is 0. The normalized spacial score (nSPS) is 22.2. The van der Waals surface area contributed by atoms with Crippen molar-refractivity contribution in [3.63, 3.8) is 0 Å². The molecule has 1 aliphatic carbocycles. The Morgan fingerprint density at radius 1 is 1.06 bits per heavy atom. The summed E-state index contributed by atoms with van der Waals surface area (Å²) >= 11 is 6.07. The van der Waals surface area contributed by atoms with Gasteiger partial charge >= 0.3 is 5.97 Å². The van der Waals surface area contributed by atoms with Crippen molar-refractivity contribution in [2.75, 3.05) is 13.2 Å². The van der Waals surface area contributed by atoms with Crippen molar-refractivity contribution in [2.24, 2.45) is 10.9 Å². The van der Waals surface area contributed by atoms with Gasteiger partial charge in [0.1, 0.15) is 11.5 Å². The molecule has 2 aromatic rings. The van der Waals surface area contributed by atoms with E-state index >= 15 is 0 Å². The van der Waals surface area contributed by atoms with Crippen LogP contribution in [0.5, 0.6) is 5.75 Å². The number of hydrogen-bond acceptors (Lipinski definition) is 5. The summed E-state index contributed by atoms with van der Waals surface area (Å²) in [6, 6.07) is 15.3. The van der Waals surface area contributed by atoms with Gasteiger partial charge in [-0.3, -0.25) is 9.79 Å². The van der Waals surface area contributed by atoms with Crippen LogP contribution in [-0.2, 0) is 14.3 Å². The molecule has 0 bridgehead atoms. The Morgan fingerprint density at radius 3 is 2.50 bits per heavy atom. The van der Waals surface area contributed by atoms with Crippen molar-refractivity contribution >= 4 is 29.1 Å². The van der Waals surface area contributed by atoms with Gasteiger partial charge in [-0.2, -0.15) is 0 Å². The molecule has 1 aliphatic heterocycles. The average molecular weight is 480 g/mol. The number of nitrogens with zero attached hydrogens (tertiary/aromatic N) is 1. The fourth-order valence-corrected chi connectivity index (χ4v) is 5.16. The third-order valence-corrected chi connectivity index (χ3v) is 6.76. The highest BCUT2D eigenvalue weighted by atomic mass is 35.5. The van der Waals surface area contributed by atoms with Gasteiger partial charge in [-0.05, 0) is 56.4 Å². The number of para-hydroxylation sites is 1. The first-order chi connectivity index (χ1) is 16.4. The van der Waals surface area contributed by atoms with Crippen LogP contribution in [0.4, 0.5) is 0 Å². The molecule has 0 amide bonds. The van der Waals surface area contributed by atoms with E-state index in [0.717, 1.165) is 23.3 Å². The summed E-state index contributed by atoms with van der Waals surface area (Å²) in [5, 5.41) is 0.667. The van der Waals surface area contributed by atoms with Gasteiger partial charge in [0.15, 0.2) is 0 Å². The molecular formula is C28H30ClNO4. The van der Waals surface area contributed by atoms with Gasteiger partial charge in [0.2, 0.25) is 0 Å². The molecule has 1 saturated carbocycles. The van der Waals surface area contributed by atoms with E-state index in [9.17, 15) is 9.59 Å². The number of allylic oxidation sites excluding steroid dienone is 1. The molecule has 1 unspecified atom stereocenters. The molecule has 178 valence electrons. The van der Waals surface area contributed by atoms with Crippen molar-refractivity contribution in [2.45, 2.75) is 51.9 Å². The van der Waals surface area contributed by atoms with Gasteiger partial charge in [-0.15, -0.1) is 0 Å². The lowest BCUT2D eigenvalue weighted by Gasteiger charge is -2.38. The maximum Gasteiger partial charge on any atom is 0.336 e. The molecule has 0 saturated heterocycles. The van der Waals surface area contributed by atoms with Gasteiger partial charge in [0.05, 0.1) is 24.7 Å². The van der Waals surface area contributed by atoms with Crippen LogP contribution in [0, 0.1) is 5.92 Å². The number of aliphatic imine (C=N–C) groups is 1. The third-order valence-electron chi connectivity index (χ3n) is 6.51. The summed E-state index contributed by atoms with van der Waals surface area (Å²) in [5.41, 5.74) is 3.76. The smallest absolute Gasteiger partial charge is 0.336 e. The first-order valence-corrected chi connectivity index (χ1v) is 12.3. The summed E-state index contributed by atoms with van der Waals surface area (Å²) in [6.45, 7) is 6.46. The first-order valence-electron chi connectivity index (χ1n) is 11.9. The summed E-state index contributed by atoms with van der Waals surface area (Å²) in [4.78, 5) is 31.6. The molecule has 1 fully saturated rings. The highest BCUT2D eigenvalue weighted by Gasteiger charge is 2.46. The van der Waals surface area contributed by atoms with Gasteiger partial charge in [-0.25, -0.2) is 4.79 Å². The second kappa shape index (κ2) is 10.6. The van der Waals surface area contributed by atoms with E-state index < -0.39 is 17.8 Å². The van der Waals surface area contributed by atoms with Crippen LogP contribution in [0.15, 0.2) is 64.8 Å². The van der Waals surface area contributed by atoms with Crippen LogP contribution >= 0.6 is 11.6 Å². The van der Waals surface area contributed by atoms with E-state index in [0.29, 0.717) is 41.5 Å². The number of hydrogen-bond donors (Lipinski definition) is 0. The molecule has 0 radical (unpaired) electrons. The standard InChI is InChI=1S/C28H30ClNO4/c1-4-14-34-24-9-7-6-8-21(24)26-25(28(32)33-5-2)17(3)30-22-15-19(16-23(31)27(22)26)18-10-12-20(29)13-11-18/h6-13,19,26-27H,4-5,14-16H2,1-3H3/t19-,26-,27?/m1/s1. The minimum absolute atomic E-state index is 0.0314. The number of esters is 1. The highest BCUT2D eigenvalue weighted by Crippen LogP contribution is 2.48. The molecule has 3 atom stereocenters. The molecule has 34 heavy (non-hydrogen) atoms. The minimum atomic E-state index is -0.516. The largest absolute Gasteiger partial charge is 0.493 e. The first kappa shape index (κ1) is 24.2. The third kappa shape index (κ3) is 4.80. The van der Waals surface area contributed by atoms with E-state index in [1.165, 1.54) is 0 Å².